The number of benzene rings is 1. The van der Waals surface area contributed by atoms with Crippen LogP contribution < -0.4 is 11.1 Å². The highest BCUT2D eigenvalue weighted by Gasteiger charge is 2.32. The van der Waals surface area contributed by atoms with Crippen LogP contribution in [-0.4, -0.2) is 36.5 Å². The Bertz CT molecular complexity index is 598. The van der Waals surface area contributed by atoms with E-state index in [1.54, 1.807) is 0 Å². The van der Waals surface area contributed by atoms with Crippen LogP contribution in [0.15, 0.2) is 18.2 Å². The number of carbonyl (C=O) groups is 1. The zero-order chi connectivity index (χ0) is 18.4. The number of halogens is 5. The molecule has 0 aromatic heterocycles. The number of likely N-dealkylation sites (tertiary alicyclic amines) is 1. The number of nitrogens with one attached hydrogen (secondary N) is 1. The molecule has 1 amide bonds. The monoisotopic (exact) mass is 397 g/mol. The van der Waals surface area contributed by atoms with E-state index in [-0.39, 0.29) is 49.4 Å². The molecule has 1 heterocycles. The lowest BCUT2D eigenvalue weighted by molar-refractivity contribution is -0.137. The average molecular weight is 398 g/mol. The molecule has 148 valence electrons. The van der Waals surface area contributed by atoms with Crippen molar-refractivity contribution in [3.8, 4) is 0 Å². The molecule has 0 aliphatic carbocycles. The quantitative estimate of drug-likeness (QED) is 0.725. The minimum atomic E-state index is -4.50. The molecule has 1 aromatic carbocycles. The van der Waals surface area contributed by atoms with Gasteiger partial charge in [0.15, 0.2) is 0 Å². The van der Waals surface area contributed by atoms with Gasteiger partial charge in [-0.3, -0.25) is 9.69 Å². The van der Waals surface area contributed by atoms with Gasteiger partial charge in [-0.1, -0.05) is 6.42 Å². The van der Waals surface area contributed by atoms with Gasteiger partial charge in [0.2, 0.25) is 5.91 Å². The summed E-state index contributed by atoms with van der Waals surface area (Å²) in [6, 6.07) is 2.46. The lowest BCUT2D eigenvalue weighted by Gasteiger charge is -2.36. The number of amides is 1. The zero-order valence-corrected chi connectivity index (χ0v) is 15.1. The summed E-state index contributed by atoms with van der Waals surface area (Å²) >= 11 is 0. The Hall–Kier alpha value is -1.38. The highest BCUT2D eigenvalue weighted by molar-refractivity contribution is 5.85. The Morgan fingerprint density at radius 2 is 2.04 bits per heavy atom. The van der Waals surface area contributed by atoms with Gasteiger partial charge < -0.3 is 11.1 Å². The molecule has 0 saturated carbocycles. The summed E-state index contributed by atoms with van der Waals surface area (Å²) in [6.45, 7) is 1.40. The van der Waals surface area contributed by atoms with Gasteiger partial charge in [-0.2, -0.15) is 13.2 Å². The molecule has 1 unspecified atom stereocenters. The van der Waals surface area contributed by atoms with Crippen molar-refractivity contribution in [2.24, 2.45) is 5.73 Å². The second kappa shape index (κ2) is 10.1. The maximum absolute atomic E-state index is 14.0. The van der Waals surface area contributed by atoms with Crippen molar-refractivity contribution in [2.45, 2.75) is 44.4 Å². The molecule has 1 saturated heterocycles. The van der Waals surface area contributed by atoms with Crippen molar-refractivity contribution in [1.82, 2.24) is 10.2 Å². The lowest BCUT2D eigenvalue weighted by atomic mass is 10.00. The smallest absolute Gasteiger partial charge is 0.354 e. The van der Waals surface area contributed by atoms with Gasteiger partial charge in [-0.25, -0.2) is 4.39 Å². The predicted molar refractivity (Wildman–Crippen MR) is 93.4 cm³/mol. The molecule has 2 rings (SSSR count). The molecule has 9 heteroatoms. The fraction of sp³-hybridized carbons (Fsp3) is 0.588. The largest absolute Gasteiger partial charge is 0.416 e. The molecule has 0 spiro atoms. The summed E-state index contributed by atoms with van der Waals surface area (Å²) in [5.41, 5.74) is 4.50. The minimum Gasteiger partial charge on any atom is -0.354 e. The van der Waals surface area contributed by atoms with E-state index in [2.05, 4.69) is 5.32 Å². The van der Waals surface area contributed by atoms with Gasteiger partial charge in [0, 0.05) is 37.7 Å². The number of carbonyl (C=O) groups excluding carboxylic acids is 1. The van der Waals surface area contributed by atoms with Crippen molar-refractivity contribution >= 4 is 18.3 Å². The Balaban J connectivity index is 0.00000338. The molecule has 4 nitrogen and oxygen atoms in total. The second-order valence-corrected chi connectivity index (χ2v) is 6.27. The summed E-state index contributed by atoms with van der Waals surface area (Å²) in [4.78, 5) is 13.5. The Morgan fingerprint density at radius 3 is 2.69 bits per heavy atom. The molecule has 3 N–H and O–H groups in total. The highest BCUT2D eigenvalue weighted by Crippen LogP contribution is 2.31. The zero-order valence-electron chi connectivity index (χ0n) is 14.3. The summed E-state index contributed by atoms with van der Waals surface area (Å²) < 4.78 is 52.5. The number of rotatable bonds is 6. The molecule has 1 aromatic rings. The number of hydrogen-bond donors (Lipinski definition) is 2. The normalized spacial score (nSPS) is 18.3. The van der Waals surface area contributed by atoms with Gasteiger partial charge >= 0.3 is 6.18 Å². The van der Waals surface area contributed by atoms with Crippen molar-refractivity contribution in [3.63, 3.8) is 0 Å². The summed E-state index contributed by atoms with van der Waals surface area (Å²) in [6.07, 6.45) is -1.59. The minimum absolute atomic E-state index is 0. The van der Waals surface area contributed by atoms with Crippen molar-refractivity contribution in [1.29, 1.82) is 0 Å². The third-order valence-electron chi connectivity index (χ3n) is 4.40. The van der Waals surface area contributed by atoms with Crippen LogP contribution in [0.1, 0.15) is 36.8 Å². The molecule has 1 fully saturated rings. The third-order valence-corrected chi connectivity index (χ3v) is 4.40. The maximum atomic E-state index is 14.0. The number of piperidine rings is 1. The first-order chi connectivity index (χ1) is 11.8. The summed E-state index contributed by atoms with van der Waals surface area (Å²) in [5, 5.41) is 2.78. The van der Waals surface area contributed by atoms with E-state index < -0.39 is 17.6 Å². The van der Waals surface area contributed by atoms with Gasteiger partial charge in [0.05, 0.1) is 5.56 Å². The van der Waals surface area contributed by atoms with Crippen LogP contribution in [0.5, 0.6) is 0 Å². The summed E-state index contributed by atoms with van der Waals surface area (Å²) in [5.74, 6) is -0.803. The van der Waals surface area contributed by atoms with Crippen LogP contribution in [-0.2, 0) is 17.5 Å². The van der Waals surface area contributed by atoms with E-state index in [0.717, 1.165) is 37.5 Å². The van der Waals surface area contributed by atoms with Crippen LogP contribution in [0.4, 0.5) is 17.6 Å². The van der Waals surface area contributed by atoms with E-state index in [1.165, 1.54) is 0 Å². The van der Waals surface area contributed by atoms with E-state index in [0.29, 0.717) is 13.1 Å². The lowest BCUT2D eigenvalue weighted by Crippen LogP contribution is -2.46. The Morgan fingerprint density at radius 1 is 1.31 bits per heavy atom. The van der Waals surface area contributed by atoms with Gasteiger partial charge in [-0.05, 0) is 37.6 Å². The second-order valence-electron chi connectivity index (χ2n) is 6.27. The fourth-order valence-corrected chi connectivity index (χ4v) is 3.04. The van der Waals surface area contributed by atoms with E-state index in [4.69, 9.17) is 5.73 Å². The van der Waals surface area contributed by atoms with Crippen LogP contribution in [0.25, 0.3) is 0 Å². The first-order valence-electron chi connectivity index (χ1n) is 8.37. The number of hydrogen-bond acceptors (Lipinski definition) is 3. The molecule has 0 radical (unpaired) electrons. The van der Waals surface area contributed by atoms with Crippen molar-refractivity contribution in [2.75, 3.05) is 19.6 Å². The SMILES string of the molecule is Cl.NCCC(=O)NCC1CCCCN1Cc1cc(C(F)(F)F)ccc1F. The average Bonchev–Trinajstić information content (AvgIpc) is 2.55. The van der Waals surface area contributed by atoms with Crippen molar-refractivity contribution < 1.29 is 22.4 Å². The first kappa shape index (κ1) is 22.7. The Labute approximate surface area is 156 Å². The van der Waals surface area contributed by atoms with Crippen molar-refractivity contribution in [3.05, 3.63) is 35.1 Å². The number of nitrogens with two attached hydrogens (primary N) is 1. The molecular weight excluding hydrogens is 374 g/mol. The molecule has 0 bridgehead atoms. The Kier molecular flexibility index (Phi) is 8.79. The molecular formula is C17H24ClF4N3O. The predicted octanol–water partition coefficient (Wildman–Crippen LogP) is 3.09. The standard InChI is InChI=1S/C17H23F4N3O.ClH/c18-15-5-4-13(17(19,20)21)9-12(15)11-24-8-2-1-3-14(24)10-23-16(25)6-7-22;/h4-5,9,14H,1-3,6-8,10-11,22H2,(H,23,25);1H. The van der Waals surface area contributed by atoms with E-state index in [1.807, 2.05) is 4.90 Å². The third kappa shape index (κ3) is 6.41. The number of alkyl halides is 3. The maximum Gasteiger partial charge on any atom is 0.416 e. The molecule has 1 aliphatic heterocycles. The van der Waals surface area contributed by atoms with Crippen LogP contribution in [0, 0.1) is 5.82 Å². The van der Waals surface area contributed by atoms with Crippen LogP contribution in [0.2, 0.25) is 0 Å². The van der Waals surface area contributed by atoms with E-state index in [9.17, 15) is 22.4 Å². The summed E-state index contributed by atoms with van der Waals surface area (Å²) in [7, 11) is 0. The highest BCUT2D eigenvalue weighted by atomic mass is 35.5. The first-order valence-corrected chi connectivity index (χ1v) is 8.37. The van der Waals surface area contributed by atoms with Crippen LogP contribution >= 0.6 is 12.4 Å². The number of nitrogens with zero attached hydrogens (tertiary/aromatic N) is 1. The van der Waals surface area contributed by atoms with Crippen LogP contribution in [0.3, 0.4) is 0 Å². The van der Waals surface area contributed by atoms with Gasteiger partial charge in [0.1, 0.15) is 5.82 Å². The van der Waals surface area contributed by atoms with Gasteiger partial charge in [-0.15, -0.1) is 12.4 Å². The molecule has 1 atom stereocenters. The fourth-order valence-electron chi connectivity index (χ4n) is 3.04. The molecule has 1 aliphatic rings. The molecule has 26 heavy (non-hydrogen) atoms. The van der Waals surface area contributed by atoms with E-state index >= 15 is 0 Å². The topological polar surface area (TPSA) is 58.4 Å². The van der Waals surface area contributed by atoms with Gasteiger partial charge in [0.25, 0.3) is 0 Å².